The molecule has 0 saturated heterocycles. The third-order valence-corrected chi connectivity index (χ3v) is 10.7. The Labute approximate surface area is 220 Å². The van der Waals surface area contributed by atoms with E-state index in [9.17, 15) is 4.79 Å². The fourth-order valence-electron chi connectivity index (χ4n) is 3.25. The first kappa shape index (κ1) is 28.3. The van der Waals surface area contributed by atoms with E-state index in [4.69, 9.17) is 13.9 Å². The summed E-state index contributed by atoms with van der Waals surface area (Å²) < 4.78 is 33.7. The average Bonchev–Trinajstić information content (AvgIpc) is 2.79. The van der Waals surface area contributed by atoms with Gasteiger partial charge >= 0.3 is 6.09 Å². The minimum atomic E-state index is -2.05. The first-order valence-corrected chi connectivity index (χ1v) is 15.2. The molecular formula is C29H37FN2O4Si. The molecule has 0 saturated carbocycles. The number of rotatable bonds is 7. The van der Waals surface area contributed by atoms with Crippen molar-refractivity contribution in [2.24, 2.45) is 0 Å². The van der Waals surface area contributed by atoms with Crippen LogP contribution in [0, 0.1) is 5.82 Å². The van der Waals surface area contributed by atoms with Crippen molar-refractivity contribution < 1.29 is 23.1 Å². The van der Waals surface area contributed by atoms with Crippen LogP contribution in [0.3, 0.4) is 0 Å². The summed E-state index contributed by atoms with van der Waals surface area (Å²) >= 11 is 0. The van der Waals surface area contributed by atoms with Gasteiger partial charge in [0.15, 0.2) is 19.9 Å². The van der Waals surface area contributed by atoms with Crippen molar-refractivity contribution in [1.82, 2.24) is 4.98 Å². The molecule has 0 spiro atoms. The summed E-state index contributed by atoms with van der Waals surface area (Å²) in [5.74, 6) is -0.284. The van der Waals surface area contributed by atoms with Gasteiger partial charge in [0.2, 0.25) is 0 Å². The van der Waals surface area contributed by atoms with Gasteiger partial charge in [0.25, 0.3) is 0 Å². The van der Waals surface area contributed by atoms with E-state index in [0.717, 1.165) is 0 Å². The predicted octanol–water partition coefficient (Wildman–Crippen LogP) is 8.55. The number of nitrogens with one attached hydrogen (secondary N) is 1. The van der Waals surface area contributed by atoms with Crippen molar-refractivity contribution in [1.29, 1.82) is 0 Å². The van der Waals surface area contributed by atoms with Gasteiger partial charge in [0.1, 0.15) is 11.4 Å². The summed E-state index contributed by atoms with van der Waals surface area (Å²) in [6, 6.07) is 15.8. The smallest absolute Gasteiger partial charge is 0.412 e. The fourth-order valence-corrected chi connectivity index (χ4v) is 4.18. The summed E-state index contributed by atoms with van der Waals surface area (Å²) in [4.78, 5) is 16.9. The van der Waals surface area contributed by atoms with Crippen LogP contribution in [0.15, 0.2) is 60.8 Å². The van der Waals surface area contributed by atoms with Crippen molar-refractivity contribution in [2.45, 2.75) is 71.9 Å². The Morgan fingerprint density at radius 3 is 2.24 bits per heavy atom. The van der Waals surface area contributed by atoms with E-state index in [1.165, 1.54) is 6.07 Å². The van der Waals surface area contributed by atoms with Gasteiger partial charge in [-0.05, 0) is 69.2 Å². The number of anilines is 1. The maximum Gasteiger partial charge on any atom is 0.412 e. The molecule has 0 unspecified atom stereocenters. The number of hydrogen-bond acceptors (Lipinski definition) is 5. The molecule has 3 rings (SSSR count). The maximum absolute atomic E-state index is 15.9. The highest BCUT2D eigenvalue weighted by molar-refractivity contribution is 6.74. The van der Waals surface area contributed by atoms with Gasteiger partial charge in [-0.25, -0.2) is 9.18 Å². The molecule has 0 aliphatic carbocycles. The predicted molar refractivity (Wildman–Crippen MR) is 148 cm³/mol. The Morgan fingerprint density at radius 1 is 0.946 bits per heavy atom. The zero-order valence-electron chi connectivity index (χ0n) is 22.9. The molecule has 1 amide bonds. The van der Waals surface area contributed by atoms with Crippen LogP contribution in [0.5, 0.6) is 11.5 Å². The van der Waals surface area contributed by atoms with Crippen molar-refractivity contribution in [3.63, 3.8) is 0 Å². The maximum atomic E-state index is 15.9. The molecule has 0 aliphatic heterocycles. The van der Waals surface area contributed by atoms with Crippen LogP contribution in [-0.2, 0) is 15.8 Å². The second-order valence-electron chi connectivity index (χ2n) is 11.4. The van der Waals surface area contributed by atoms with Gasteiger partial charge in [-0.3, -0.25) is 10.3 Å². The van der Waals surface area contributed by atoms with E-state index in [2.05, 4.69) is 44.2 Å². The number of ether oxygens (including phenoxy) is 2. The Kier molecular flexibility index (Phi) is 8.44. The second-order valence-corrected chi connectivity index (χ2v) is 16.2. The molecule has 1 heterocycles. The lowest BCUT2D eigenvalue weighted by Crippen LogP contribution is -2.40. The molecule has 37 heavy (non-hydrogen) atoms. The van der Waals surface area contributed by atoms with Gasteiger partial charge < -0.3 is 13.9 Å². The van der Waals surface area contributed by atoms with Crippen LogP contribution in [0.4, 0.5) is 14.9 Å². The van der Waals surface area contributed by atoms with E-state index in [1.807, 2.05) is 12.1 Å². The molecule has 6 nitrogen and oxygen atoms in total. The van der Waals surface area contributed by atoms with Gasteiger partial charge in [-0.2, -0.15) is 0 Å². The minimum Gasteiger partial charge on any atom is -0.454 e. The average molecular weight is 525 g/mol. The molecule has 0 aliphatic rings. The number of hydrogen-bond donors (Lipinski definition) is 1. The van der Waals surface area contributed by atoms with Crippen molar-refractivity contribution in [2.75, 3.05) is 5.32 Å². The highest BCUT2D eigenvalue weighted by atomic mass is 28.4. The van der Waals surface area contributed by atoms with Crippen LogP contribution < -0.4 is 10.1 Å². The van der Waals surface area contributed by atoms with Crippen LogP contribution in [-0.4, -0.2) is 25.0 Å². The Balaban J connectivity index is 2.05. The zero-order chi connectivity index (χ0) is 27.4. The Morgan fingerprint density at radius 2 is 1.62 bits per heavy atom. The van der Waals surface area contributed by atoms with Crippen molar-refractivity contribution in [3.05, 3.63) is 72.3 Å². The first-order valence-electron chi connectivity index (χ1n) is 12.3. The van der Waals surface area contributed by atoms with Gasteiger partial charge in [0.05, 0.1) is 18.0 Å². The van der Waals surface area contributed by atoms with Crippen LogP contribution in [0.1, 0.15) is 47.2 Å². The largest absolute Gasteiger partial charge is 0.454 e. The lowest BCUT2D eigenvalue weighted by atomic mass is 10.0. The number of aromatic nitrogens is 1. The molecule has 3 aromatic rings. The minimum absolute atomic E-state index is 0.0265. The molecule has 0 radical (unpaired) electrons. The third kappa shape index (κ3) is 7.39. The van der Waals surface area contributed by atoms with E-state index in [0.29, 0.717) is 22.6 Å². The quantitative estimate of drug-likeness (QED) is 0.314. The second kappa shape index (κ2) is 11.0. The molecule has 1 N–H and O–H groups in total. The van der Waals surface area contributed by atoms with Crippen LogP contribution in [0.25, 0.3) is 11.1 Å². The summed E-state index contributed by atoms with van der Waals surface area (Å²) in [5.41, 5.74) is 1.09. The van der Waals surface area contributed by atoms with E-state index < -0.39 is 25.8 Å². The van der Waals surface area contributed by atoms with E-state index >= 15 is 4.39 Å². The van der Waals surface area contributed by atoms with Crippen molar-refractivity contribution >= 4 is 20.1 Å². The molecule has 2 aromatic carbocycles. The van der Waals surface area contributed by atoms with E-state index in [1.54, 1.807) is 63.4 Å². The lowest BCUT2D eigenvalue weighted by Gasteiger charge is -2.36. The van der Waals surface area contributed by atoms with E-state index in [-0.39, 0.29) is 23.1 Å². The third-order valence-electron chi connectivity index (χ3n) is 6.25. The van der Waals surface area contributed by atoms with Crippen LogP contribution >= 0.6 is 0 Å². The SMILES string of the molecule is CC(C)(C)OC(=O)Nc1ccc(-c2cccnc2CO[Si](C)(C)C(C)(C)C)c(Oc2ccccc2)c1F. The van der Waals surface area contributed by atoms with Crippen LogP contribution in [0.2, 0.25) is 18.1 Å². The highest BCUT2D eigenvalue weighted by Crippen LogP contribution is 2.41. The number of benzene rings is 2. The molecule has 198 valence electrons. The van der Waals surface area contributed by atoms with Gasteiger partial charge in [-0.1, -0.05) is 45.0 Å². The van der Waals surface area contributed by atoms with Gasteiger partial charge in [0, 0.05) is 17.3 Å². The summed E-state index contributed by atoms with van der Waals surface area (Å²) in [5, 5.41) is 2.53. The monoisotopic (exact) mass is 524 g/mol. The molecule has 0 bridgehead atoms. The lowest BCUT2D eigenvalue weighted by molar-refractivity contribution is 0.0635. The Hall–Kier alpha value is -3.23. The number of pyridine rings is 1. The zero-order valence-corrected chi connectivity index (χ0v) is 23.9. The summed E-state index contributed by atoms with van der Waals surface area (Å²) in [6.45, 7) is 16.4. The summed E-state index contributed by atoms with van der Waals surface area (Å²) in [7, 11) is -2.05. The van der Waals surface area contributed by atoms with Gasteiger partial charge in [-0.15, -0.1) is 0 Å². The number of amides is 1. The highest BCUT2D eigenvalue weighted by Gasteiger charge is 2.37. The molecule has 0 atom stereocenters. The van der Waals surface area contributed by atoms with Crippen molar-refractivity contribution in [3.8, 4) is 22.6 Å². The first-order chi connectivity index (χ1) is 17.2. The standard InChI is InChI=1S/C29H37FN2O4Si/c1-28(2,3)36-27(33)32-23-17-16-22(26(25(23)30)35-20-13-10-9-11-14-20)21-15-12-18-31-24(21)19-34-37(7,8)29(4,5)6/h9-18H,19H2,1-8H3,(H,32,33). The number of para-hydroxylation sites is 1. The molecule has 1 aromatic heterocycles. The Bertz CT molecular complexity index is 1230. The topological polar surface area (TPSA) is 69.7 Å². The number of carbonyl (C=O) groups is 1. The molecular weight excluding hydrogens is 487 g/mol. The number of halogens is 1. The summed E-state index contributed by atoms with van der Waals surface area (Å²) in [6.07, 6.45) is 0.940. The number of nitrogens with zero attached hydrogens (tertiary/aromatic N) is 1. The molecule has 0 fully saturated rings. The molecule has 8 heteroatoms. The fraction of sp³-hybridized carbons (Fsp3) is 0.379. The number of carbonyl (C=O) groups excluding carboxylic acids is 1. The normalized spacial score (nSPS) is 12.2.